The molecule has 2 aromatic carbocycles. The summed E-state index contributed by atoms with van der Waals surface area (Å²) < 4.78 is 40.8. The Kier molecular flexibility index (Phi) is 5.59. The van der Waals surface area contributed by atoms with Gasteiger partial charge in [-0.1, -0.05) is 42.5 Å². The van der Waals surface area contributed by atoms with Gasteiger partial charge in [-0.3, -0.25) is 4.79 Å². The summed E-state index contributed by atoms with van der Waals surface area (Å²) in [6, 6.07) is 13.4. The highest BCUT2D eigenvalue weighted by molar-refractivity contribution is 7.89. The number of carbonyl (C=O) groups excluding carboxylic acids is 1. The first kappa shape index (κ1) is 19.5. The maximum atomic E-state index is 13.8. The van der Waals surface area contributed by atoms with Crippen molar-refractivity contribution < 1.29 is 17.6 Å². The number of sulfonamides is 1. The number of carbonyl (C=O) groups is 1. The van der Waals surface area contributed by atoms with Crippen LogP contribution in [0.2, 0.25) is 0 Å². The van der Waals surface area contributed by atoms with Gasteiger partial charge in [0.1, 0.15) is 10.7 Å². The van der Waals surface area contributed by atoms with Crippen LogP contribution >= 0.6 is 0 Å². The van der Waals surface area contributed by atoms with E-state index in [1.165, 1.54) is 19.1 Å². The normalized spacial score (nSPS) is 21.2. The second-order valence-electron chi connectivity index (χ2n) is 6.70. The molecule has 0 aliphatic carbocycles. The molecule has 1 fully saturated rings. The number of nitrogens with zero attached hydrogens (tertiary/aromatic N) is 1. The van der Waals surface area contributed by atoms with E-state index in [0.717, 1.165) is 17.7 Å². The molecule has 3 N–H and O–H groups in total. The number of nitrogens with two attached hydrogens (primary N) is 1. The SMILES string of the molecule is CC(NS(=O)(=O)c1ccccc1F)C(=O)N1C[C@@H](N)[C@H](c2ccccc2)C1. The zero-order valence-electron chi connectivity index (χ0n) is 14.9. The first-order valence-corrected chi connectivity index (χ1v) is 10.1. The van der Waals surface area contributed by atoms with Crippen LogP contribution in [-0.2, 0) is 14.8 Å². The third-order valence-electron chi connectivity index (χ3n) is 4.73. The molecule has 8 heteroatoms. The number of likely N-dealkylation sites (tertiary alicyclic amines) is 1. The fraction of sp³-hybridized carbons (Fsp3) is 0.316. The van der Waals surface area contributed by atoms with E-state index in [1.807, 2.05) is 30.3 Å². The first-order chi connectivity index (χ1) is 12.8. The Labute approximate surface area is 158 Å². The lowest BCUT2D eigenvalue weighted by Crippen LogP contribution is -2.46. The van der Waals surface area contributed by atoms with Gasteiger partial charge in [-0.15, -0.1) is 0 Å². The lowest BCUT2D eigenvalue weighted by Gasteiger charge is -2.22. The monoisotopic (exact) mass is 391 g/mol. The fourth-order valence-electron chi connectivity index (χ4n) is 3.35. The molecule has 2 aromatic rings. The van der Waals surface area contributed by atoms with Crippen LogP contribution in [0, 0.1) is 5.82 Å². The van der Waals surface area contributed by atoms with Gasteiger partial charge in [0.2, 0.25) is 15.9 Å². The van der Waals surface area contributed by atoms with Gasteiger partial charge in [0.25, 0.3) is 0 Å². The van der Waals surface area contributed by atoms with Gasteiger partial charge >= 0.3 is 0 Å². The van der Waals surface area contributed by atoms with Crippen molar-refractivity contribution in [3.8, 4) is 0 Å². The number of hydrogen-bond acceptors (Lipinski definition) is 4. The van der Waals surface area contributed by atoms with Gasteiger partial charge in [-0.25, -0.2) is 12.8 Å². The van der Waals surface area contributed by atoms with Gasteiger partial charge in [0.05, 0.1) is 6.04 Å². The second kappa shape index (κ2) is 7.75. The summed E-state index contributed by atoms with van der Waals surface area (Å²) in [5.74, 6) is -1.26. The molecule has 144 valence electrons. The van der Waals surface area contributed by atoms with E-state index in [1.54, 1.807) is 4.90 Å². The molecule has 0 saturated carbocycles. The summed E-state index contributed by atoms with van der Waals surface area (Å²) in [5, 5.41) is 0. The zero-order valence-corrected chi connectivity index (χ0v) is 15.7. The lowest BCUT2D eigenvalue weighted by atomic mass is 9.95. The highest BCUT2D eigenvalue weighted by Crippen LogP contribution is 2.27. The van der Waals surface area contributed by atoms with Gasteiger partial charge in [-0.2, -0.15) is 4.72 Å². The molecule has 0 radical (unpaired) electrons. The highest BCUT2D eigenvalue weighted by Gasteiger charge is 2.36. The van der Waals surface area contributed by atoms with Crippen molar-refractivity contribution in [3.05, 3.63) is 66.0 Å². The summed E-state index contributed by atoms with van der Waals surface area (Å²) in [6.45, 7) is 2.20. The average molecular weight is 391 g/mol. The average Bonchev–Trinajstić information content (AvgIpc) is 3.03. The summed E-state index contributed by atoms with van der Waals surface area (Å²) >= 11 is 0. The van der Waals surface area contributed by atoms with Crippen LogP contribution in [0.4, 0.5) is 4.39 Å². The van der Waals surface area contributed by atoms with Gasteiger partial charge < -0.3 is 10.6 Å². The molecule has 1 unspecified atom stereocenters. The summed E-state index contributed by atoms with van der Waals surface area (Å²) in [7, 11) is -4.15. The number of hydrogen-bond donors (Lipinski definition) is 2. The largest absolute Gasteiger partial charge is 0.339 e. The Hall–Kier alpha value is -2.29. The Balaban J connectivity index is 1.70. The molecule has 27 heavy (non-hydrogen) atoms. The third-order valence-corrected chi connectivity index (χ3v) is 6.31. The van der Waals surface area contributed by atoms with Crippen molar-refractivity contribution in [2.75, 3.05) is 13.1 Å². The lowest BCUT2D eigenvalue weighted by molar-refractivity contribution is -0.131. The minimum atomic E-state index is -4.15. The van der Waals surface area contributed by atoms with Crippen molar-refractivity contribution in [2.45, 2.75) is 29.8 Å². The van der Waals surface area contributed by atoms with E-state index in [9.17, 15) is 17.6 Å². The van der Waals surface area contributed by atoms with E-state index in [0.29, 0.717) is 13.1 Å². The van der Waals surface area contributed by atoms with Crippen molar-refractivity contribution in [1.82, 2.24) is 9.62 Å². The first-order valence-electron chi connectivity index (χ1n) is 8.66. The van der Waals surface area contributed by atoms with Crippen LogP contribution in [0.1, 0.15) is 18.4 Å². The molecule has 6 nitrogen and oxygen atoms in total. The second-order valence-corrected chi connectivity index (χ2v) is 8.38. The fourth-order valence-corrected chi connectivity index (χ4v) is 4.62. The van der Waals surface area contributed by atoms with Crippen LogP contribution in [0.15, 0.2) is 59.5 Å². The van der Waals surface area contributed by atoms with Crippen molar-refractivity contribution in [3.63, 3.8) is 0 Å². The van der Waals surface area contributed by atoms with Crippen LogP contribution in [0.3, 0.4) is 0 Å². The van der Waals surface area contributed by atoms with Crippen LogP contribution < -0.4 is 10.5 Å². The number of amides is 1. The molecule has 1 aliphatic rings. The van der Waals surface area contributed by atoms with E-state index in [2.05, 4.69) is 4.72 Å². The van der Waals surface area contributed by atoms with E-state index in [-0.39, 0.29) is 17.9 Å². The number of halogens is 1. The predicted molar refractivity (Wildman–Crippen MR) is 99.9 cm³/mol. The molecule has 3 atom stereocenters. The Morgan fingerprint density at radius 1 is 1.15 bits per heavy atom. The molecule has 1 amide bonds. The molecule has 0 bridgehead atoms. The van der Waals surface area contributed by atoms with Crippen LogP contribution in [0.25, 0.3) is 0 Å². The van der Waals surface area contributed by atoms with Gasteiger partial charge in [0, 0.05) is 25.0 Å². The Morgan fingerprint density at radius 2 is 1.78 bits per heavy atom. The summed E-state index contributed by atoms with van der Waals surface area (Å²) in [4.78, 5) is 13.8. The van der Waals surface area contributed by atoms with E-state index >= 15 is 0 Å². The molecular formula is C19H22FN3O3S. The Morgan fingerprint density at radius 3 is 2.44 bits per heavy atom. The molecule has 3 rings (SSSR count). The molecule has 0 aromatic heterocycles. The molecule has 1 saturated heterocycles. The third kappa shape index (κ3) is 4.18. The van der Waals surface area contributed by atoms with Gasteiger partial charge in [-0.05, 0) is 24.6 Å². The van der Waals surface area contributed by atoms with Crippen LogP contribution in [-0.4, -0.2) is 44.4 Å². The predicted octanol–water partition coefficient (Wildman–Crippen LogP) is 1.45. The minimum absolute atomic E-state index is 0.00877. The number of benzene rings is 2. The smallest absolute Gasteiger partial charge is 0.244 e. The standard InChI is InChI=1S/C19H22FN3O3S/c1-13(22-27(25,26)18-10-6-5-9-16(18)20)19(24)23-11-15(17(21)12-23)14-7-3-2-4-8-14/h2-10,13,15,17,22H,11-12,21H2,1H3/t13?,15-,17+/m0/s1. The van der Waals surface area contributed by atoms with Crippen LogP contribution in [0.5, 0.6) is 0 Å². The van der Waals surface area contributed by atoms with E-state index in [4.69, 9.17) is 5.73 Å². The molecular weight excluding hydrogens is 369 g/mol. The number of rotatable bonds is 5. The van der Waals surface area contributed by atoms with Crippen molar-refractivity contribution in [2.24, 2.45) is 5.73 Å². The molecule has 1 heterocycles. The zero-order chi connectivity index (χ0) is 19.6. The highest BCUT2D eigenvalue weighted by atomic mass is 32.2. The van der Waals surface area contributed by atoms with Crippen molar-refractivity contribution in [1.29, 1.82) is 0 Å². The quantitative estimate of drug-likeness (QED) is 0.807. The topological polar surface area (TPSA) is 92.5 Å². The molecule has 1 aliphatic heterocycles. The number of nitrogens with one attached hydrogen (secondary N) is 1. The van der Waals surface area contributed by atoms with E-state index < -0.39 is 26.8 Å². The maximum Gasteiger partial charge on any atom is 0.244 e. The maximum absolute atomic E-state index is 13.8. The summed E-state index contributed by atoms with van der Waals surface area (Å²) in [5.41, 5.74) is 7.24. The molecule has 0 spiro atoms. The summed E-state index contributed by atoms with van der Waals surface area (Å²) in [6.07, 6.45) is 0. The Bertz CT molecular complexity index is 921. The van der Waals surface area contributed by atoms with Gasteiger partial charge in [0.15, 0.2) is 0 Å². The minimum Gasteiger partial charge on any atom is -0.339 e. The van der Waals surface area contributed by atoms with Crippen molar-refractivity contribution >= 4 is 15.9 Å².